The number of amides is 2. The number of hydrogen-bond donors (Lipinski definition) is 1. The summed E-state index contributed by atoms with van der Waals surface area (Å²) < 4.78 is 39.2. The first-order chi connectivity index (χ1) is 13.6. The lowest BCUT2D eigenvalue weighted by atomic mass is 9.94. The van der Waals surface area contributed by atoms with Crippen molar-refractivity contribution in [3.8, 4) is 0 Å². The van der Waals surface area contributed by atoms with Gasteiger partial charge in [0.05, 0.1) is 11.6 Å². The van der Waals surface area contributed by atoms with E-state index in [2.05, 4.69) is 5.32 Å². The Balaban J connectivity index is 1.84. The van der Waals surface area contributed by atoms with Gasteiger partial charge in [0.25, 0.3) is 5.91 Å². The van der Waals surface area contributed by atoms with E-state index in [0.717, 1.165) is 23.4 Å². The van der Waals surface area contributed by atoms with E-state index in [0.29, 0.717) is 24.1 Å². The van der Waals surface area contributed by atoms with Crippen molar-refractivity contribution < 1.29 is 22.8 Å². The van der Waals surface area contributed by atoms with Crippen LogP contribution in [-0.4, -0.2) is 18.4 Å². The molecule has 0 aromatic heterocycles. The Morgan fingerprint density at radius 1 is 1.10 bits per heavy atom. The minimum absolute atomic E-state index is 0.0506. The Hall–Kier alpha value is -2.83. The van der Waals surface area contributed by atoms with Gasteiger partial charge in [-0.2, -0.15) is 13.2 Å². The fourth-order valence-electron chi connectivity index (χ4n) is 3.64. The van der Waals surface area contributed by atoms with Crippen molar-refractivity contribution in [2.45, 2.75) is 39.4 Å². The summed E-state index contributed by atoms with van der Waals surface area (Å²) in [5, 5.41) is 2.87. The summed E-state index contributed by atoms with van der Waals surface area (Å²) in [5.74, 6) is -0.513. The predicted octanol–water partition coefficient (Wildman–Crippen LogP) is 4.74. The first kappa shape index (κ1) is 20.9. The van der Waals surface area contributed by atoms with Crippen molar-refractivity contribution in [3.05, 3.63) is 64.7 Å². The largest absolute Gasteiger partial charge is 0.416 e. The zero-order valence-electron chi connectivity index (χ0n) is 16.5. The summed E-state index contributed by atoms with van der Waals surface area (Å²) in [4.78, 5) is 26.1. The van der Waals surface area contributed by atoms with Gasteiger partial charge in [-0.15, -0.1) is 0 Å². The lowest BCUT2D eigenvalue weighted by molar-refractivity contribution is -0.137. The number of hydrogen-bond acceptors (Lipinski definition) is 2. The molecule has 1 unspecified atom stereocenters. The molecule has 0 aliphatic carbocycles. The zero-order valence-corrected chi connectivity index (χ0v) is 16.5. The SMILES string of the molecule is CC(=O)N1CCc2cc(C(=O)NC(c3cccc(C(F)(F)F)c3)C(C)C)ccc21. The first-order valence-electron chi connectivity index (χ1n) is 9.47. The fourth-order valence-corrected chi connectivity index (χ4v) is 3.64. The zero-order chi connectivity index (χ0) is 21.3. The van der Waals surface area contributed by atoms with Crippen LogP contribution in [0.2, 0.25) is 0 Å². The summed E-state index contributed by atoms with van der Waals surface area (Å²) >= 11 is 0. The van der Waals surface area contributed by atoms with E-state index in [-0.39, 0.29) is 17.7 Å². The number of alkyl halides is 3. The highest BCUT2D eigenvalue weighted by molar-refractivity contribution is 5.98. The molecule has 1 N–H and O–H groups in total. The number of halogens is 3. The van der Waals surface area contributed by atoms with E-state index in [1.54, 1.807) is 29.2 Å². The summed E-state index contributed by atoms with van der Waals surface area (Å²) in [7, 11) is 0. The molecule has 4 nitrogen and oxygen atoms in total. The molecule has 1 atom stereocenters. The topological polar surface area (TPSA) is 49.4 Å². The molecule has 154 valence electrons. The van der Waals surface area contributed by atoms with Gasteiger partial charge in [-0.25, -0.2) is 0 Å². The highest BCUT2D eigenvalue weighted by Crippen LogP contribution is 2.33. The normalized spacial score (nSPS) is 14.7. The van der Waals surface area contributed by atoms with Crippen LogP contribution in [0.3, 0.4) is 0 Å². The van der Waals surface area contributed by atoms with Crippen molar-refractivity contribution in [1.82, 2.24) is 5.32 Å². The van der Waals surface area contributed by atoms with Gasteiger partial charge in [-0.3, -0.25) is 9.59 Å². The van der Waals surface area contributed by atoms with Crippen LogP contribution in [0.15, 0.2) is 42.5 Å². The minimum atomic E-state index is -4.44. The number of nitrogens with one attached hydrogen (secondary N) is 1. The van der Waals surface area contributed by atoms with E-state index in [1.165, 1.54) is 13.0 Å². The molecule has 1 heterocycles. The Kier molecular flexibility index (Phi) is 5.68. The molecule has 2 amide bonds. The maximum Gasteiger partial charge on any atom is 0.416 e. The van der Waals surface area contributed by atoms with Crippen LogP contribution in [0.5, 0.6) is 0 Å². The number of rotatable bonds is 4. The summed E-state index contributed by atoms with van der Waals surface area (Å²) in [6.45, 7) is 5.77. The van der Waals surface area contributed by atoms with E-state index in [1.807, 2.05) is 13.8 Å². The second kappa shape index (κ2) is 7.89. The third kappa shape index (κ3) is 4.44. The number of carbonyl (C=O) groups excluding carboxylic acids is 2. The molecule has 0 spiro atoms. The van der Waals surface area contributed by atoms with E-state index in [9.17, 15) is 22.8 Å². The van der Waals surface area contributed by atoms with Crippen LogP contribution >= 0.6 is 0 Å². The lowest BCUT2D eigenvalue weighted by Crippen LogP contribution is -2.32. The maximum atomic E-state index is 13.1. The quantitative estimate of drug-likeness (QED) is 0.800. The molecule has 7 heteroatoms. The molecule has 0 radical (unpaired) electrons. The van der Waals surface area contributed by atoms with E-state index >= 15 is 0 Å². The van der Waals surface area contributed by atoms with Gasteiger partial charge in [0.15, 0.2) is 0 Å². The highest BCUT2D eigenvalue weighted by atomic mass is 19.4. The molecule has 0 saturated carbocycles. The molecule has 1 aliphatic rings. The second-order valence-electron chi connectivity index (χ2n) is 7.58. The van der Waals surface area contributed by atoms with Gasteiger partial charge >= 0.3 is 6.18 Å². The average Bonchev–Trinajstić information content (AvgIpc) is 3.08. The van der Waals surface area contributed by atoms with Crippen molar-refractivity contribution in [1.29, 1.82) is 0 Å². The van der Waals surface area contributed by atoms with Gasteiger partial charge in [0, 0.05) is 24.7 Å². The third-order valence-electron chi connectivity index (χ3n) is 5.14. The molecule has 0 fully saturated rings. The molecule has 29 heavy (non-hydrogen) atoms. The second-order valence-corrected chi connectivity index (χ2v) is 7.58. The van der Waals surface area contributed by atoms with Crippen molar-refractivity contribution in [2.24, 2.45) is 5.92 Å². The standard InChI is InChI=1S/C22H23F3N2O2/c1-13(2)20(16-5-4-6-18(12-16)22(23,24)25)26-21(29)17-7-8-19-15(11-17)9-10-27(19)14(3)28/h4-8,11-13,20H,9-10H2,1-3H3,(H,26,29). The molecule has 2 aromatic rings. The Morgan fingerprint density at radius 2 is 1.83 bits per heavy atom. The number of nitrogens with zero attached hydrogens (tertiary/aromatic N) is 1. The molecule has 0 saturated heterocycles. The van der Waals surface area contributed by atoms with Crippen molar-refractivity contribution in [2.75, 3.05) is 11.4 Å². The number of anilines is 1. The Morgan fingerprint density at radius 3 is 2.45 bits per heavy atom. The van der Waals surface area contributed by atoms with Crippen LogP contribution in [0.4, 0.5) is 18.9 Å². The molecule has 0 bridgehead atoms. The summed E-state index contributed by atoms with van der Waals surface area (Å²) in [6, 6.07) is 9.61. The Bertz CT molecular complexity index is 938. The van der Waals surface area contributed by atoms with Gasteiger partial charge in [-0.1, -0.05) is 26.0 Å². The maximum absolute atomic E-state index is 13.1. The van der Waals surface area contributed by atoms with Gasteiger partial charge < -0.3 is 10.2 Å². The van der Waals surface area contributed by atoms with E-state index < -0.39 is 17.8 Å². The summed E-state index contributed by atoms with van der Waals surface area (Å²) in [5.41, 5.74) is 1.80. The van der Waals surface area contributed by atoms with Gasteiger partial charge in [0.2, 0.25) is 5.91 Å². The van der Waals surface area contributed by atoms with Crippen LogP contribution in [0.25, 0.3) is 0 Å². The number of carbonyl (C=O) groups is 2. The summed E-state index contributed by atoms with van der Waals surface area (Å²) in [6.07, 6.45) is -3.78. The first-order valence-corrected chi connectivity index (χ1v) is 9.47. The highest BCUT2D eigenvalue weighted by Gasteiger charge is 2.31. The van der Waals surface area contributed by atoms with Gasteiger partial charge in [-0.05, 0) is 53.8 Å². The van der Waals surface area contributed by atoms with E-state index in [4.69, 9.17) is 0 Å². The van der Waals surface area contributed by atoms with Crippen LogP contribution in [0, 0.1) is 5.92 Å². The van der Waals surface area contributed by atoms with Crippen LogP contribution in [0.1, 0.15) is 53.9 Å². The van der Waals surface area contributed by atoms with Crippen LogP contribution < -0.4 is 10.2 Å². The fraction of sp³-hybridized carbons (Fsp3) is 0.364. The monoisotopic (exact) mass is 404 g/mol. The predicted molar refractivity (Wildman–Crippen MR) is 105 cm³/mol. The third-order valence-corrected chi connectivity index (χ3v) is 5.14. The molecule has 1 aliphatic heterocycles. The minimum Gasteiger partial charge on any atom is -0.345 e. The number of fused-ring (bicyclic) bond motifs is 1. The smallest absolute Gasteiger partial charge is 0.345 e. The Labute approximate surface area is 167 Å². The van der Waals surface area contributed by atoms with Crippen molar-refractivity contribution >= 4 is 17.5 Å². The van der Waals surface area contributed by atoms with Crippen LogP contribution in [-0.2, 0) is 17.4 Å². The molecular weight excluding hydrogens is 381 g/mol. The molecule has 2 aromatic carbocycles. The molecule has 3 rings (SSSR count). The average molecular weight is 404 g/mol. The number of benzene rings is 2. The van der Waals surface area contributed by atoms with Gasteiger partial charge in [0.1, 0.15) is 0 Å². The molecular formula is C22H23F3N2O2. The van der Waals surface area contributed by atoms with Crippen molar-refractivity contribution in [3.63, 3.8) is 0 Å². The lowest BCUT2D eigenvalue weighted by Gasteiger charge is -2.24.